The number of amides is 4. The summed E-state index contributed by atoms with van der Waals surface area (Å²) in [5, 5.41) is 7.47. The third-order valence-corrected chi connectivity index (χ3v) is 5.34. The van der Waals surface area contributed by atoms with E-state index in [1.54, 1.807) is 0 Å². The zero-order valence-corrected chi connectivity index (χ0v) is 17.9. The molecule has 34 heavy (non-hydrogen) atoms. The molecule has 1 fully saturated rings. The van der Waals surface area contributed by atoms with Gasteiger partial charge in [-0.2, -0.15) is 13.2 Å². The van der Waals surface area contributed by atoms with Gasteiger partial charge in [-0.25, -0.2) is 0 Å². The molecule has 8 nitrogen and oxygen atoms in total. The Hall–Kier alpha value is -3.89. The molecule has 1 saturated heterocycles. The highest BCUT2D eigenvalue weighted by Gasteiger charge is 2.35. The van der Waals surface area contributed by atoms with Gasteiger partial charge in [-0.3, -0.25) is 19.2 Å². The second-order valence-electron chi connectivity index (χ2n) is 7.94. The molecule has 0 bridgehead atoms. The van der Waals surface area contributed by atoms with Crippen LogP contribution in [-0.4, -0.2) is 41.8 Å². The standard InChI is InChI=1S/C23H23F3N4O4/c24-23(25,26)15-8-6-14(7-9-15)10-16(20(27)32)28-19(31)12-18-22(34)29-17(21(33)30-18)11-13-4-2-1-3-5-13/h1-9,16-18H,10-12H2,(H2,27,32)(H,28,31)(H,29,34)(H,30,33)/t16-,17-,18-/m0/s1. The van der Waals surface area contributed by atoms with E-state index >= 15 is 0 Å². The van der Waals surface area contributed by atoms with E-state index < -0.39 is 59.9 Å². The normalized spacial score (nSPS) is 19.0. The Bertz CT molecular complexity index is 1060. The van der Waals surface area contributed by atoms with E-state index in [0.29, 0.717) is 5.56 Å². The summed E-state index contributed by atoms with van der Waals surface area (Å²) in [6, 6.07) is 10.1. The first-order valence-electron chi connectivity index (χ1n) is 10.4. The molecule has 4 amide bonds. The molecular formula is C23H23F3N4O4. The molecule has 1 heterocycles. The van der Waals surface area contributed by atoms with Gasteiger partial charge in [0.25, 0.3) is 0 Å². The maximum absolute atomic E-state index is 12.7. The monoisotopic (exact) mass is 476 g/mol. The average molecular weight is 476 g/mol. The second kappa shape index (κ2) is 10.4. The molecule has 3 atom stereocenters. The summed E-state index contributed by atoms with van der Waals surface area (Å²) in [5.41, 5.74) is 5.68. The maximum Gasteiger partial charge on any atom is 0.416 e. The molecule has 180 valence electrons. The fraction of sp³-hybridized carbons (Fsp3) is 0.304. The first-order chi connectivity index (χ1) is 16.0. The topological polar surface area (TPSA) is 130 Å². The lowest BCUT2D eigenvalue weighted by molar-refractivity contribution is -0.138. The highest BCUT2D eigenvalue weighted by Crippen LogP contribution is 2.29. The number of carbonyl (C=O) groups excluding carboxylic acids is 4. The molecule has 2 aromatic carbocycles. The predicted octanol–water partition coefficient (Wildman–Crippen LogP) is 0.834. The molecule has 0 spiro atoms. The van der Waals surface area contributed by atoms with Crippen molar-refractivity contribution in [1.29, 1.82) is 0 Å². The fourth-order valence-electron chi connectivity index (χ4n) is 3.54. The van der Waals surface area contributed by atoms with Crippen molar-refractivity contribution in [3.8, 4) is 0 Å². The molecule has 0 saturated carbocycles. The molecule has 3 rings (SSSR count). The van der Waals surface area contributed by atoms with Crippen LogP contribution in [0.2, 0.25) is 0 Å². The summed E-state index contributed by atoms with van der Waals surface area (Å²) in [6.45, 7) is 0. The molecule has 0 aliphatic carbocycles. The van der Waals surface area contributed by atoms with Crippen LogP contribution in [0.15, 0.2) is 54.6 Å². The van der Waals surface area contributed by atoms with Crippen LogP contribution >= 0.6 is 0 Å². The minimum Gasteiger partial charge on any atom is -0.368 e. The minimum absolute atomic E-state index is 0.137. The number of hydrogen-bond acceptors (Lipinski definition) is 4. The summed E-state index contributed by atoms with van der Waals surface area (Å²) in [7, 11) is 0. The Kier molecular flexibility index (Phi) is 7.54. The van der Waals surface area contributed by atoms with Gasteiger partial charge in [0.05, 0.1) is 12.0 Å². The van der Waals surface area contributed by atoms with E-state index in [9.17, 15) is 32.3 Å². The van der Waals surface area contributed by atoms with Gasteiger partial charge in [0.15, 0.2) is 0 Å². The van der Waals surface area contributed by atoms with Gasteiger partial charge in [0.1, 0.15) is 18.1 Å². The lowest BCUT2D eigenvalue weighted by Gasteiger charge is -2.29. The summed E-state index contributed by atoms with van der Waals surface area (Å²) < 4.78 is 38.1. The van der Waals surface area contributed by atoms with Crippen molar-refractivity contribution < 1.29 is 32.3 Å². The van der Waals surface area contributed by atoms with E-state index in [1.165, 1.54) is 12.1 Å². The molecule has 11 heteroatoms. The highest BCUT2D eigenvalue weighted by atomic mass is 19.4. The lowest BCUT2D eigenvalue weighted by Crippen LogP contribution is -2.63. The molecule has 0 aromatic heterocycles. The van der Waals surface area contributed by atoms with E-state index in [-0.39, 0.29) is 12.8 Å². The number of primary amides is 1. The summed E-state index contributed by atoms with van der Waals surface area (Å²) >= 11 is 0. The van der Waals surface area contributed by atoms with Crippen LogP contribution in [0, 0.1) is 0 Å². The Morgan fingerprint density at radius 2 is 1.50 bits per heavy atom. The van der Waals surface area contributed by atoms with E-state index in [1.807, 2.05) is 30.3 Å². The van der Waals surface area contributed by atoms with Crippen molar-refractivity contribution in [1.82, 2.24) is 16.0 Å². The van der Waals surface area contributed by atoms with Gasteiger partial charge in [-0.1, -0.05) is 42.5 Å². The summed E-state index contributed by atoms with van der Waals surface area (Å²) in [4.78, 5) is 49.0. The maximum atomic E-state index is 12.7. The van der Waals surface area contributed by atoms with Crippen LogP contribution in [-0.2, 0) is 38.2 Å². The Balaban J connectivity index is 1.56. The van der Waals surface area contributed by atoms with Gasteiger partial charge >= 0.3 is 6.18 Å². The first kappa shape index (κ1) is 24.7. The van der Waals surface area contributed by atoms with E-state index in [2.05, 4.69) is 16.0 Å². The zero-order chi connectivity index (χ0) is 24.9. The number of nitrogens with one attached hydrogen (secondary N) is 3. The second-order valence-corrected chi connectivity index (χ2v) is 7.94. The number of halogens is 3. The SMILES string of the molecule is NC(=O)[C@H](Cc1ccc(C(F)(F)F)cc1)NC(=O)C[C@@H]1NC(=O)[C@H](Cc2ccccc2)NC1=O. The molecule has 0 unspecified atom stereocenters. The molecule has 5 N–H and O–H groups in total. The van der Waals surface area contributed by atoms with Gasteiger partial charge < -0.3 is 21.7 Å². The molecular weight excluding hydrogens is 453 g/mol. The van der Waals surface area contributed by atoms with Crippen LogP contribution in [0.25, 0.3) is 0 Å². The molecule has 1 aliphatic rings. The van der Waals surface area contributed by atoms with Crippen molar-refractivity contribution in [3.05, 3.63) is 71.3 Å². The zero-order valence-electron chi connectivity index (χ0n) is 17.9. The van der Waals surface area contributed by atoms with Crippen LogP contribution < -0.4 is 21.7 Å². The minimum atomic E-state index is -4.50. The quantitative estimate of drug-likeness (QED) is 0.450. The van der Waals surface area contributed by atoms with Gasteiger partial charge in [0, 0.05) is 12.8 Å². The number of hydrogen-bond donors (Lipinski definition) is 4. The van der Waals surface area contributed by atoms with Crippen molar-refractivity contribution >= 4 is 23.6 Å². The largest absolute Gasteiger partial charge is 0.416 e. The number of rotatable bonds is 8. The average Bonchev–Trinajstić information content (AvgIpc) is 2.77. The van der Waals surface area contributed by atoms with Gasteiger partial charge in [-0.05, 0) is 23.3 Å². The van der Waals surface area contributed by atoms with Crippen LogP contribution in [0.1, 0.15) is 23.1 Å². The first-order valence-corrected chi connectivity index (χ1v) is 10.4. The molecule has 2 aromatic rings. The van der Waals surface area contributed by atoms with Crippen molar-refractivity contribution in [2.75, 3.05) is 0 Å². The number of nitrogens with two attached hydrogens (primary N) is 1. The third kappa shape index (κ3) is 6.56. The van der Waals surface area contributed by atoms with Crippen molar-refractivity contribution in [3.63, 3.8) is 0 Å². The van der Waals surface area contributed by atoms with E-state index in [0.717, 1.165) is 17.7 Å². The third-order valence-electron chi connectivity index (χ3n) is 5.34. The van der Waals surface area contributed by atoms with Crippen LogP contribution in [0.4, 0.5) is 13.2 Å². The molecule has 0 radical (unpaired) electrons. The van der Waals surface area contributed by atoms with Gasteiger partial charge in [-0.15, -0.1) is 0 Å². The fourth-order valence-corrected chi connectivity index (χ4v) is 3.54. The number of piperazine rings is 1. The number of carbonyl (C=O) groups is 4. The Morgan fingerprint density at radius 3 is 2.09 bits per heavy atom. The molecule has 1 aliphatic heterocycles. The van der Waals surface area contributed by atoms with Crippen LogP contribution in [0.3, 0.4) is 0 Å². The van der Waals surface area contributed by atoms with Crippen molar-refractivity contribution in [2.24, 2.45) is 5.73 Å². The predicted molar refractivity (Wildman–Crippen MR) is 115 cm³/mol. The van der Waals surface area contributed by atoms with Gasteiger partial charge in [0.2, 0.25) is 23.6 Å². The number of alkyl halides is 3. The van der Waals surface area contributed by atoms with E-state index in [4.69, 9.17) is 5.73 Å². The summed E-state index contributed by atoms with van der Waals surface area (Å²) in [5.74, 6) is -2.61. The number of benzene rings is 2. The highest BCUT2D eigenvalue weighted by molar-refractivity contribution is 5.99. The Morgan fingerprint density at radius 1 is 0.912 bits per heavy atom. The van der Waals surface area contributed by atoms with Crippen molar-refractivity contribution in [2.45, 2.75) is 43.6 Å². The lowest BCUT2D eigenvalue weighted by atomic mass is 10.0. The Labute approximate surface area is 193 Å². The summed E-state index contributed by atoms with van der Waals surface area (Å²) in [6.07, 6.45) is -4.79. The smallest absolute Gasteiger partial charge is 0.368 e. The van der Waals surface area contributed by atoms with Crippen LogP contribution in [0.5, 0.6) is 0 Å².